The average molecular weight is 364 g/mol. The van der Waals surface area contributed by atoms with Gasteiger partial charge in [-0.05, 0) is 38.1 Å². The van der Waals surface area contributed by atoms with Gasteiger partial charge in [0.1, 0.15) is 0 Å². The van der Waals surface area contributed by atoms with Crippen LogP contribution in [0.5, 0.6) is 0 Å². The second-order valence-corrected chi connectivity index (χ2v) is 6.50. The van der Waals surface area contributed by atoms with Crippen molar-refractivity contribution in [2.45, 2.75) is 18.9 Å². The maximum absolute atomic E-state index is 11.9. The number of amides is 1. The molecular formula is C17H22ClN5O2. The summed E-state index contributed by atoms with van der Waals surface area (Å²) in [7, 11) is 2.07. The maximum atomic E-state index is 11.9. The first-order chi connectivity index (χ1) is 11.7. The van der Waals surface area contributed by atoms with E-state index < -0.39 is 0 Å². The molecule has 1 aromatic carbocycles. The third kappa shape index (κ3) is 4.00. The highest BCUT2D eigenvalue weighted by atomic mass is 35.5. The highest BCUT2D eigenvalue weighted by Crippen LogP contribution is 2.31. The van der Waals surface area contributed by atoms with Crippen LogP contribution in [0.1, 0.15) is 24.7 Å². The number of halogens is 1. The Bertz CT molecular complexity index is 746. The minimum absolute atomic E-state index is 0. The average Bonchev–Trinajstić information content (AvgIpc) is 3.33. The first-order valence-electron chi connectivity index (χ1n) is 8.36. The van der Waals surface area contributed by atoms with Crippen LogP contribution in [0, 0.1) is 5.92 Å². The summed E-state index contributed by atoms with van der Waals surface area (Å²) in [4.78, 5) is 18.7. The number of carbonyl (C=O) groups excluding carboxylic acids is 1. The summed E-state index contributed by atoms with van der Waals surface area (Å²) < 4.78 is 5.44. The van der Waals surface area contributed by atoms with Crippen molar-refractivity contribution in [1.82, 2.24) is 20.4 Å². The van der Waals surface area contributed by atoms with Crippen molar-refractivity contribution in [2.24, 2.45) is 5.92 Å². The molecule has 0 radical (unpaired) electrons. The van der Waals surface area contributed by atoms with Gasteiger partial charge >= 0.3 is 0 Å². The van der Waals surface area contributed by atoms with E-state index in [4.69, 9.17) is 4.52 Å². The van der Waals surface area contributed by atoms with Crippen LogP contribution in [0.25, 0.3) is 11.5 Å². The van der Waals surface area contributed by atoms with E-state index in [2.05, 4.69) is 32.7 Å². The van der Waals surface area contributed by atoms with E-state index in [0.717, 1.165) is 43.7 Å². The predicted molar refractivity (Wildman–Crippen MR) is 96.6 cm³/mol. The highest BCUT2D eigenvalue weighted by molar-refractivity contribution is 5.94. The second-order valence-electron chi connectivity index (χ2n) is 6.50. The highest BCUT2D eigenvalue weighted by Gasteiger charge is 2.29. The summed E-state index contributed by atoms with van der Waals surface area (Å²) in [5.74, 6) is 1.44. The molecule has 7 nitrogen and oxygen atoms in total. The Labute approximate surface area is 152 Å². The van der Waals surface area contributed by atoms with Crippen molar-refractivity contribution >= 4 is 24.0 Å². The van der Waals surface area contributed by atoms with E-state index >= 15 is 0 Å². The van der Waals surface area contributed by atoms with E-state index in [1.165, 1.54) is 0 Å². The van der Waals surface area contributed by atoms with Crippen molar-refractivity contribution in [3.63, 3.8) is 0 Å². The fourth-order valence-corrected chi connectivity index (χ4v) is 2.90. The van der Waals surface area contributed by atoms with Crippen LogP contribution < -0.4 is 10.6 Å². The van der Waals surface area contributed by atoms with Gasteiger partial charge in [0.2, 0.25) is 5.91 Å². The number of carbonyl (C=O) groups is 1. The Morgan fingerprint density at radius 3 is 3.00 bits per heavy atom. The summed E-state index contributed by atoms with van der Waals surface area (Å²) in [6, 6.07) is 7.66. The normalized spacial score (nSPS) is 20.8. The standard InChI is InChI=1S/C17H21N5O2.ClH/c1-22-8-7-18-10-14(22)15-20-17(24-21-15)12-3-2-4-13(9-12)19-16(23)11-5-6-11;/h2-4,9,11,14,18H,5-8,10H2,1H3,(H,19,23);1H. The smallest absolute Gasteiger partial charge is 0.258 e. The van der Waals surface area contributed by atoms with Gasteiger partial charge in [0.05, 0.1) is 6.04 Å². The molecule has 2 N–H and O–H groups in total. The summed E-state index contributed by atoms with van der Waals surface area (Å²) in [5, 5.41) is 10.4. The monoisotopic (exact) mass is 363 g/mol. The molecule has 1 aliphatic carbocycles. The number of anilines is 1. The van der Waals surface area contributed by atoms with Gasteiger partial charge in [0.15, 0.2) is 5.82 Å². The SMILES string of the molecule is CN1CCNCC1c1noc(-c2cccc(NC(=O)C3CC3)c2)n1.Cl. The van der Waals surface area contributed by atoms with Crippen LogP contribution >= 0.6 is 12.4 Å². The van der Waals surface area contributed by atoms with Crippen LogP contribution in [0.3, 0.4) is 0 Å². The van der Waals surface area contributed by atoms with Crippen LogP contribution in [0.4, 0.5) is 5.69 Å². The number of hydrogen-bond acceptors (Lipinski definition) is 6. The molecule has 1 aliphatic heterocycles. The summed E-state index contributed by atoms with van der Waals surface area (Å²) in [5.41, 5.74) is 1.58. The molecule has 1 saturated carbocycles. The minimum Gasteiger partial charge on any atom is -0.334 e. The number of likely N-dealkylation sites (N-methyl/N-ethyl adjacent to an activating group) is 1. The Morgan fingerprint density at radius 1 is 1.40 bits per heavy atom. The second kappa shape index (κ2) is 7.51. The molecular weight excluding hydrogens is 342 g/mol. The molecule has 2 aromatic rings. The van der Waals surface area contributed by atoms with E-state index in [1.54, 1.807) is 0 Å². The molecule has 2 heterocycles. The number of rotatable bonds is 4. The number of benzene rings is 1. The van der Waals surface area contributed by atoms with E-state index in [9.17, 15) is 4.79 Å². The van der Waals surface area contributed by atoms with Gasteiger partial charge in [-0.15, -0.1) is 12.4 Å². The Kier molecular flexibility index (Phi) is 5.36. The summed E-state index contributed by atoms with van der Waals surface area (Å²) >= 11 is 0. The van der Waals surface area contributed by atoms with Gasteiger partial charge in [-0.25, -0.2) is 0 Å². The number of hydrogen-bond donors (Lipinski definition) is 2. The lowest BCUT2D eigenvalue weighted by Gasteiger charge is -2.30. The molecule has 2 aliphatic rings. The molecule has 1 aromatic heterocycles. The van der Waals surface area contributed by atoms with Crippen molar-refractivity contribution < 1.29 is 9.32 Å². The van der Waals surface area contributed by atoms with Crippen LogP contribution in [0.2, 0.25) is 0 Å². The first-order valence-corrected chi connectivity index (χ1v) is 8.36. The zero-order valence-electron chi connectivity index (χ0n) is 14.1. The van der Waals surface area contributed by atoms with E-state index in [0.29, 0.717) is 11.7 Å². The number of nitrogens with one attached hydrogen (secondary N) is 2. The Balaban J connectivity index is 0.00000182. The lowest BCUT2D eigenvalue weighted by atomic mass is 10.2. The number of piperazine rings is 1. The number of nitrogens with zero attached hydrogens (tertiary/aromatic N) is 3. The molecule has 1 unspecified atom stereocenters. The molecule has 1 atom stereocenters. The molecule has 134 valence electrons. The van der Waals surface area contributed by atoms with Gasteiger partial charge < -0.3 is 15.2 Å². The van der Waals surface area contributed by atoms with Crippen molar-refractivity contribution in [3.8, 4) is 11.5 Å². The fraction of sp³-hybridized carbons (Fsp3) is 0.471. The van der Waals surface area contributed by atoms with E-state index in [1.807, 2.05) is 24.3 Å². The lowest BCUT2D eigenvalue weighted by Crippen LogP contribution is -2.44. The van der Waals surface area contributed by atoms with Gasteiger partial charge in [-0.2, -0.15) is 4.98 Å². The van der Waals surface area contributed by atoms with E-state index in [-0.39, 0.29) is 30.3 Å². The van der Waals surface area contributed by atoms with Crippen molar-refractivity contribution in [3.05, 3.63) is 30.1 Å². The Hall–Kier alpha value is -1.96. The molecule has 0 bridgehead atoms. The zero-order valence-corrected chi connectivity index (χ0v) is 14.9. The topological polar surface area (TPSA) is 83.3 Å². The Morgan fingerprint density at radius 2 is 2.24 bits per heavy atom. The van der Waals surface area contributed by atoms with Gasteiger partial charge in [-0.1, -0.05) is 11.2 Å². The fourth-order valence-electron chi connectivity index (χ4n) is 2.90. The van der Waals surface area contributed by atoms with Gasteiger partial charge in [0, 0.05) is 36.8 Å². The van der Waals surface area contributed by atoms with Crippen LogP contribution in [0.15, 0.2) is 28.8 Å². The molecule has 0 spiro atoms. The quantitative estimate of drug-likeness (QED) is 0.865. The third-order valence-corrected chi connectivity index (χ3v) is 4.58. The molecule has 1 amide bonds. The minimum atomic E-state index is 0. The van der Waals surface area contributed by atoms with Crippen molar-refractivity contribution in [1.29, 1.82) is 0 Å². The molecule has 4 rings (SSSR count). The largest absolute Gasteiger partial charge is 0.334 e. The van der Waals surface area contributed by atoms with Crippen LogP contribution in [-0.2, 0) is 4.79 Å². The van der Waals surface area contributed by atoms with Gasteiger partial charge in [-0.3, -0.25) is 9.69 Å². The molecule has 2 fully saturated rings. The molecule has 1 saturated heterocycles. The molecule has 25 heavy (non-hydrogen) atoms. The van der Waals surface area contributed by atoms with Crippen LogP contribution in [-0.4, -0.2) is 47.6 Å². The lowest BCUT2D eigenvalue weighted by molar-refractivity contribution is -0.117. The van der Waals surface area contributed by atoms with Crippen molar-refractivity contribution in [2.75, 3.05) is 32.0 Å². The number of aromatic nitrogens is 2. The first kappa shape index (κ1) is 17.8. The predicted octanol–water partition coefficient (Wildman–Crippen LogP) is 2.08. The summed E-state index contributed by atoms with van der Waals surface area (Å²) in [6.45, 7) is 2.74. The third-order valence-electron chi connectivity index (χ3n) is 4.58. The zero-order chi connectivity index (χ0) is 16.5. The van der Waals surface area contributed by atoms with Gasteiger partial charge in [0.25, 0.3) is 5.89 Å². The maximum Gasteiger partial charge on any atom is 0.258 e. The summed E-state index contributed by atoms with van der Waals surface area (Å²) in [6.07, 6.45) is 1.98. The molecule has 8 heteroatoms.